The van der Waals surface area contributed by atoms with Crippen molar-refractivity contribution in [1.29, 1.82) is 0 Å². The SMILES string of the molecule is C=CCNCC(O)c1ccc(NC(C)=O)cc1. The van der Waals surface area contributed by atoms with Crippen LogP contribution in [0.4, 0.5) is 5.69 Å². The van der Waals surface area contributed by atoms with E-state index in [-0.39, 0.29) is 5.91 Å². The van der Waals surface area contributed by atoms with E-state index in [0.717, 1.165) is 11.3 Å². The first-order valence-corrected chi connectivity index (χ1v) is 5.50. The van der Waals surface area contributed by atoms with Crippen molar-refractivity contribution in [1.82, 2.24) is 5.32 Å². The van der Waals surface area contributed by atoms with Crippen molar-refractivity contribution in [2.45, 2.75) is 13.0 Å². The molecule has 0 aromatic heterocycles. The quantitative estimate of drug-likeness (QED) is 0.516. The third kappa shape index (κ3) is 4.80. The van der Waals surface area contributed by atoms with Gasteiger partial charge < -0.3 is 15.7 Å². The van der Waals surface area contributed by atoms with Crippen LogP contribution in [0.25, 0.3) is 0 Å². The van der Waals surface area contributed by atoms with Crippen LogP contribution in [0.5, 0.6) is 0 Å². The topological polar surface area (TPSA) is 61.4 Å². The van der Waals surface area contributed by atoms with E-state index in [1.165, 1.54) is 6.92 Å². The molecule has 0 radical (unpaired) electrons. The number of hydrogen-bond acceptors (Lipinski definition) is 3. The van der Waals surface area contributed by atoms with E-state index in [2.05, 4.69) is 17.2 Å². The summed E-state index contributed by atoms with van der Waals surface area (Å²) < 4.78 is 0. The number of rotatable bonds is 6. The molecule has 0 aliphatic carbocycles. The minimum Gasteiger partial charge on any atom is -0.387 e. The van der Waals surface area contributed by atoms with Crippen LogP contribution >= 0.6 is 0 Å². The van der Waals surface area contributed by atoms with Gasteiger partial charge in [0.1, 0.15) is 0 Å². The molecule has 0 saturated carbocycles. The molecule has 1 aromatic rings. The summed E-state index contributed by atoms with van der Waals surface area (Å²) in [5.41, 5.74) is 1.54. The molecule has 0 saturated heterocycles. The molecule has 1 aromatic carbocycles. The van der Waals surface area contributed by atoms with Gasteiger partial charge >= 0.3 is 0 Å². The highest BCUT2D eigenvalue weighted by atomic mass is 16.3. The Kier molecular flexibility index (Phi) is 5.39. The number of aliphatic hydroxyl groups excluding tert-OH is 1. The summed E-state index contributed by atoms with van der Waals surface area (Å²) in [6.45, 7) is 6.19. The van der Waals surface area contributed by atoms with E-state index in [1.807, 2.05) is 0 Å². The summed E-state index contributed by atoms with van der Waals surface area (Å²) in [5, 5.41) is 15.6. The first-order valence-electron chi connectivity index (χ1n) is 5.50. The molecule has 1 rings (SSSR count). The number of benzene rings is 1. The van der Waals surface area contributed by atoms with Crippen molar-refractivity contribution >= 4 is 11.6 Å². The fourth-order valence-electron chi connectivity index (χ4n) is 1.43. The Bertz CT molecular complexity index is 374. The van der Waals surface area contributed by atoms with Crippen LogP contribution < -0.4 is 10.6 Å². The highest BCUT2D eigenvalue weighted by Gasteiger charge is 2.06. The molecular weight excluding hydrogens is 216 g/mol. The second-order valence-electron chi connectivity index (χ2n) is 3.77. The average Bonchev–Trinajstić information content (AvgIpc) is 2.29. The van der Waals surface area contributed by atoms with Gasteiger partial charge in [-0.15, -0.1) is 6.58 Å². The van der Waals surface area contributed by atoms with E-state index in [9.17, 15) is 9.90 Å². The second kappa shape index (κ2) is 6.83. The molecule has 92 valence electrons. The van der Waals surface area contributed by atoms with Gasteiger partial charge in [0, 0.05) is 25.7 Å². The summed E-state index contributed by atoms with van der Waals surface area (Å²) in [5.74, 6) is -0.106. The average molecular weight is 234 g/mol. The van der Waals surface area contributed by atoms with Crippen LogP contribution in [0.15, 0.2) is 36.9 Å². The highest BCUT2D eigenvalue weighted by Crippen LogP contribution is 2.15. The van der Waals surface area contributed by atoms with Gasteiger partial charge in [-0.25, -0.2) is 0 Å². The van der Waals surface area contributed by atoms with Crippen LogP contribution in [0.3, 0.4) is 0 Å². The van der Waals surface area contributed by atoms with Crippen LogP contribution in [0, 0.1) is 0 Å². The lowest BCUT2D eigenvalue weighted by molar-refractivity contribution is -0.114. The van der Waals surface area contributed by atoms with Crippen molar-refractivity contribution in [3.05, 3.63) is 42.5 Å². The minimum atomic E-state index is -0.554. The second-order valence-corrected chi connectivity index (χ2v) is 3.77. The Morgan fingerprint density at radius 1 is 1.47 bits per heavy atom. The van der Waals surface area contributed by atoms with Gasteiger partial charge in [-0.3, -0.25) is 4.79 Å². The van der Waals surface area contributed by atoms with Crippen LogP contribution in [0.1, 0.15) is 18.6 Å². The van der Waals surface area contributed by atoms with Gasteiger partial charge in [0.25, 0.3) is 0 Å². The summed E-state index contributed by atoms with van der Waals surface area (Å²) in [7, 11) is 0. The summed E-state index contributed by atoms with van der Waals surface area (Å²) >= 11 is 0. The molecule has 1 atom stereocenters. The number of hydrogen-bond donors (Lipinski definition) is 3. The van der Waals surface area contributed by atoms with E-state index >= 15 is 0 Å². The maximum atomic E-state index is 10.8. The first kappa shape index (κ1) is 13.4. The first-order chi connectivity index (χ1) is 8.13. The normalized spacial score (nSPS) is 11.9. The highest BCUT2D eigenvalue weighted by molar-refractivity contribution is 5.88. The van der Waals surface area contributed by atoms with Crippen LogP contribution in [0.2, 0.25) is 0 Å². The van der Waals surface area contributed by atoms with E-state index in [0.29, 0.717) is 13.1 Å². The standard InChI is InChI=1S/C13H18N2O2/c1-3-8-14-9-13(17)11-4-6-12(7-5-11)15-10(2)16/h3-7,13-14,17H,1,8-9H2,2H3,(H,15,16). The Labute approximate surface area is 101 Å². The lowest BCUT2D eigenvalue weighted by atomic mass is 10.1. The van der Waals surface area contributed by atoms with Crippen molar-refractivity contribution in [2.24, 2.45) is 0 Å². The van der Waals surface area contributed by atoms with E-state index in [1.54, 1.807) is 30.3 Å². The fraction of sp³-hybridized carbons (Fsp3) is 0.308. The Morgan fingerprint density at radius 3 is 2.65 bits per heavy atom. The van der Waals surface area contributed by atoms with Gasteiger partial charge in [0.15, 0.2) is 0 Å². The van der Waals surface area contributed by atoms with Gasteiger partial charge in [-0.1, -0.05) is 18.2 Å². The molecule has 0 aliphatic heterocycles. The lowest BCUT2D eigenvalue weighted by Crippen LogP contribution is -2.21. The van der Waals surface area contributed by atoms with Crippen molar-refractivity contribution < 1.29 is 9.90 Å². The predicted molar refractivity (Wildman–Crippen MR) is 68.8 cm³/mol. The molecule has 0 bridgehead atoms. The molecule has 4 heteroatoms. The van der Waals surface area contributed by atoms with Gasteiger partial charge in [0.05, 0.1) is 6.10 Å². The van der Waals surface area contributed by atoms with Crippen LogP contribution in [-0.2, 0) is 4.79 Å². The molecule has 3 N–H and O–H groups in total. The zero-order valence-corrected chi connectivity index (χ0v) is 9.94. The van der Waals surface area contributed by atoms with Gasteiger partial charge in [0.2, 0.25) is 5.91 Å². The number of aliphatic hydroxyl groups is 1. The van der Waals surface area contributed by atoms with Crippen LogP contribution in [-0.4, -0.2) is 24.1 Å². The third-order valence-corrected chi connectivity index (χ3v) is 2.24. The van der Waals surface area contributed by atoms with E-state index < -0.39 is 6.10 Å². The molecule has 1 amide bonds. The molecule has 0 fully saturated rings. The van der Waals surface area contributed by atoms with Crippen molar-refractivity contribution in [2.75, 3.05) is 18.4 Å². The number of nitrogens with one attached hydrogen (secondary N) is 2. The summed E-state index contributed by atoms with van der Waals surface area (Å²) in [6, 6.07) is 7.14. The predicted octanol–water partition coefficient (Wildman–Crippen LogP) is 1.45. The largest absolute Gasteiger partial charge is 0.387 e. The Hall–Kier alpha value is -1.65. The van der Waals surface area contributed by atoms with E-state index in [4.69, 9.17) is 0 Å². The summed E-state index contributed by atoms with van der Waals surface area (Å²) in [6.07, 6.45) is 1.19. The number of carbonyl (C=O) groups is 1. The molecule has 1 unspecified atom stereocenters. The van der Waals surface area contributed by atoms with Gasteiger partial charge in [-0.2, -0.15) is 0 Å². The Balaban J connectivity index is 2.54. The summed E-state index contributed by atoms with van der Waals surface area (Å²) in [4.78, 5) is 10.8. The maximum absolute atomic E-state index is 10.8. The maximum Gasteiger partial charge on any atom is 0.221 e. The molecule has 0 aliphatic rings. The minimum absolute atomic E-state index is 0.106. The fourth-order valence-corrected chi connectivity index (χ4v) is 1.43. The zero-order chi connectivity index (χ0) is 12.7. The number of anilines is 1. The molecule has 0 heterocycles. The van der Waals surface area contributed by atoms with Gasteiger partial charge in [-0.05, 0) is 17.7 Å². The number of carbonyl (C=O) groups excluding carboxylic acids is 1. The smallest absolute Gasteiger partial charge is 0.221 e. The molecule has 17 heavy (non-hydrogen) atoms. The van der Waals surface area contributed by atoms with Crippen molar-refractivity contribution in [3.63, 3.8) is 0 Å². The molecule has 0 spiro atoms. The molecular formula is C13H18N2O2. The Morgan fingerprint density at radius 2 is 2.12 bits per heavy atom. The lowest BCUT2D eigenvalue weighted by Gasteiger charge is -2.12. The molecule has 4 nitrogen and oxygen atoms in total. The third-order valence-electron chi connectivity index (χ3n) is 2.24. The zero-order valence-electron chi connectivity index (χ0n) is 9.94. The van der Waals surface area contributed by atoms with Crippen molar-refractivity contribution in [3.8, 4) is 0 Å². The monoisotopic (exact) mass is 234 g/mol. The number of amides is 1.